The van der Waals surface area contributed by atoms with Crippen molar-refractivity contribution in [2.75, 3.05) is 25.1 Å². The van der Waals surface area contributed by atoms with Crippen molar-refractivity contribution in [1.29, 1.82) is 0 Å². The molecule has 0 heterocycles. The van der Waals surface area contributed by atoms with Crippen molar-refractivity contribution >= 4 is 17.3 Å². The molecule has 28 heavy (non-hydrogen) atoms. The molecule has 0 aromatic heterocycles. The molecule has 4 nitrogen and oxygen atoms in total. The maximum Gasteiger partial charge on any atom is 0.142 e. The first-order chi connectivity index (χ1) is 13.7. The summed E-state index contributed by atoms with van der Waals surface area (Å²) in [4.78, 5) is 0. The second kappa shape index (κ2) is 10.5. The van der Waals surface area contributed by atoms with E-state index in [1.54, 1.807) is 0 Å². The molecule has 0 bridgehead atoms. The van der Waals surface area contributed by atoms with Gasteiger partial charge in [0.1, 0.15) is 36.6 Å². The Morgan fingerprint density at radius 3 is 2.21 bits per heavy atom. The highest BCUT2D eigenvalue weighted by molar-refractivity contribution is 6.32. The van der Waals surface area contributed by atoms with Gasteiger partial charge in [-0.3, -0.25) is 0 Å². The molecule has 1 atom stereocenters. The van der Waals surface area contributed by atoms with Crippen LogP contribution in [0.4, 0.5) is 5.69 Å². The van der Waals surface area contributed by atoms with Gasteiger partial charge in [-0.05, 0) is 43.3 Å². The van der Waals surface area contributed by atoms with Crippen molar-refractivity contribution in [3.05, 3.63) is 83.9 Å². The second-order valence-corrected chi connectivity index (χ2v) is 6.65. The monoisotopic (exact) mass is 397 g/mol. The maximum absolute atomic E-state index is 6.15. The van der Waals surface area contributed by atoms with Crippen LogP contribution in [0.2, 0.25) is 5.02 Å². The fourth-order valence-electron chi connectivity index (χ4n) is 2.62. The van der Waals surface area contributed by atoms with Crippen molar-refractivity contribution in [2.24, 2.45) is 0 Å². The van der Waals surface area contributed by atoms with Crippen molar-refractivity contribution < 1.29 is 14.2 Å². The highest BCUT2D eigenvalue weighted by atomic mass is 35.5. The summed E-state index contributed by atoms with van der Waals surface area (Å²) in [7, 11) is 0. The van der Waals surface area contributed by atoms with Gasteiger partial charge in [-0.2, -0.15) is 0 Å². The minimum Gasteiger partial charge on any atom is -0.490 e. The lowest BCUT2D eigenvalue weighted by molar-refractivity contribution is 0.217. The van der Waals surface area contributed by atoms with Crippen LogP contribution >= 0.6 is 11.6 Å². The summed E-state index contributed by atoms with van der Waals surface area (Å²) < 4.78 is 17.4. The minimum absolute atomic E-state index is 0.0608. The summed E-state index contributed by atoms with van der Waals surface area (Å²) in [6.45, 7) is 3.54. The Morgan fingerprint density at radius 1 is 0.786 bits per heavy atom. The Labute approximate surface area is 171 Å². The summed E-state index contributed by atoms with van der Waals surface area (Å²) in [5.74, 6) is 2.30. The zero-order chi connectivity index (χ0) is 19.6. The Bertz CT molecular complexity index is 857. The van der Waals surface area contributed by atoms with Crippen LogP contribution < -0.4 is 19.5 Å². The fourth-order valence-corrected chi connectivity index (χ4v) is 2.80. The molecule has 5 heteroatoms. The molecule has 0 amide bonds. The summed E-state index contributed by atoms with van der Waals surface area (Å²) in [6, 6.07) is 25.0. The predicted octanol–water partition coefficient (Wildman–Crippen LogP) is 5.68. The highest BCUT2D eigenvalue weighted by Crippen LogP contribution is 2.26. The predicted molar refractivity (Wildman–Crippen MR) is 114 cm³/mol. The number of para-hydroxylation sites is 4. The molecule has 0 saturated heterocycles. The molecule has 0 saturated carbocycles. The molecule has 0 spiro atoms. The average Bonchev–Trinajstić information content (AvgIpc) is 2.73. The van der Waals surface area contributed by atoms with Crippen LogP contribution in [0.1, 0.15) is 6.92 Å². The van der Waals surface area contributed by atoms with Crippen LogP contribution in [0.15, 0.2) is 78.9 Å². The van der Waals surface area contributed by atoms with Crippen LogP contribution in [0.5, 0.6) is 17.2 Å². The van der Waals surface area contributed by atoms with Gasteiger partial charge in [-0.15, -0.1) is 0 Å². The number of rotatable bonds is 10. The number of hydrogen-bond acceptors (Lipinski definition) is 4. The summed E-state index contributed by atoms with van der Waals surface area (Å²) in [5, 5.41) is 3.99. The first-order valence-electron chi connectivity index (χ1n) is 9.27. The van der Waals surface area contributed by atoms with Crippen LogP contribution in [-0.2, 0) is 0 Å². The molecule has 0 fully saturated rings. The maximum atomic E-state index is 6.15. The van der Waals surface area contributed by atoms with E-state index < -0.39 is 0 Å². The van der Waals surface area contributed by atoms with Gasteiger partial charge in [0.05, 0.1) is 17.3 Å². The van der Waals surface area contributed by atoms with E-state index in [9.17, 15) is 0 Å². The highest BCUT2D eigenvalue weighted by Gasteiger charge is 2.09. The van der Waals surface area contributed by atoms with Crippen LogP contribution in [-0.4, -0.2) is 25.9 Å². The topological polar surface area (TPSA) is 39.7 Å². The molecule has 0 aliphatic heterocycles. The molecule has 1 unspecified atom stereocenters. The molecule has 3 aromatic carbocycles. The van der Waals surface area contributed by atoms with Gasteiger partial charge in [0.15, 0.2) is 0 Å². The smallest absolute Gasteiger partial charge is 0.142 e. The van der Waals surface area contributed by atoms with E-state index in [0.29, 0.717) is 30.5 Å². The van der Waals surface area contributed by atoms with E-state index in [-0.39, 0.29) is 6.10 Å². The normalized spacial score (nSPS) is 11.5. The SMILES string of the molecule is CC(CNc1ccccc1OCCOc1ccccc1)Oc1ccccc1Cl. The largest absolute Gasteiger partial charge is 0.490 e. The molecular formula is C23H24ClNO3. The first kappa shape index (κ1) is 19.9. The van der Waals surface area contributed by atoms with Crippen molar-refractivity contribution in [1.82, 2.24) is 0 Å². The lowest BCUT2D eigenvalue weighted by Crippen LogP contribution is -2.23. The average molecular weight is 398 g/mol. The van der Waals surface area contributed by atoms with Crippen molar-refractivity contribution in [3.63, 3.8) is 0 Å². The lowest BCUT2D eigenvalue weighted by atomic mass is 10.2. The molecule has 0 radical (unpaired) electrons. The van der Waals surface area contributed by atoms with Crippen molar-refractivity contribution in [2.45, 2.75) is 13.0 Å². The Balaban J connectivity index is 1.47. The Morgan fingerprint density at radius 2 is 1.43 bits per heavy atom. The molecular weight excluding hydrogens is 374 g/mol. The van der Waals surface area contributed by atoms with Crippen LogP contribution in [0.25, 0.3) is 0 Å². The minimum atomic E-state index is -0.0608. The van der Waals surface area contributed by atoms with Crippen molar-refractivity contribution in [3.8, 4) is 17.2 Å². The van der Waals surface area contributed by atoms with E-state index in [1.807, 2.05) is 85.8 Å². The summed E-state index contributed by atoms with van der Waals surface area (Å²) >= 11 is 6.15. The van der Waals surface area contributed by atoms with E-state index >= 15 is 0 Å². The fraction of sp³-hybridized carbons (Fsp3) is 0.217. The van der Waals surface area contributed by atoms with Crippen LogP contribution in [0, 0.1) is 0 Å². The number of halogens is 1. The number of anilines is 1. The lowest BCUT2D eigenvalue weighted by Gasteiger charge is -2.18. The third-order valence-corrected chi connectivity index (χ3v) is 4.30. The van der Waals surface area contributed by atoms with Gasteiger partial charge in [0.2, 0.25) is 0 Å². The van der Waals surface area contributed by atoms with E-state index in [4.69, 9.17) is 25.8 Å². The molecule has 0 aliphatic rings. The van der Waals surface area contributed by atoms with E-state index in [2.05, 4.69) is 5.32 Å². The van der Waals surface area contributed by atoms with Gasteiger partial charge in [0, 0.05) is 0 Å². The van der Waals surface area contributed by atoms with E-state index in [0.717, 1.165) is 17.2 Å². The third kappa shape index (κ3) is 6.10. The molecule has 1 N–H and O–H groups in total. The van der Waals surface area contributed by atoms with E-state index in [1.165, 1.54) is 0 Å². The van der Waals surface area contributed by atoms with Gasteiger partial charge in [-0.1, -0.05) is 54.1 Å². The first-order valence-corrected chi connectivity index (χ1v) is 9.65. The summed E-state index contributed by atoms with van der Waals surface area (Å²) in [5.41, 5.74) is 0.914. The Hall–Kier alpha value is -2.85. The zero-order valence-electron chi connectivity index (χ0n) is 15.8. The van der Waals surface area contributed by atoms with Gasteiger partial charge >= 0.3 is 0 Å². The zero-order valence-corrected chi connectivity index (χ0v) is 16.6. The van der Waals surface area contributed by atoms with Gasteiger partial charge < -0.3 is 19.5 Å². The summed E-state index contributed by atoms with van der Waals surface area (Å²) in [6.07, 6.45) is -0.0608. The Kier molecular flexibility index (Phi) is 7.44. The third-order valence-electron chi connectivity index (χ3n) is 3.98. The quantitative estimate of drug-likeness (QED) is 0.447. The molecule has 146 valence electrons. The van der Waals surface area contributed by atoms with Gasteiger partial charge in [-0.25, -0.2) is 0 Å². The number of hydrogen-bond donors (Lipinski definition) is 1. The standard InChI is InChI=1S/C23H24ClNO3/c1-18(28-22-13-7-5-11-20(22)24)17-25-21-12-6-8-14-23(21)27-16-15-26-19-9-3-2-4-10-19/h2-14,18,25H,15-17H2,1H3. The van der Waals surface area contributed by atoms with Crippen LogP contribution in [0.3, 0.4) is 0 Å². The molecule has 3 aromatic rings. The van der Waals surface area contributed by atoms with Gasteiger partial charge in [0.25, 0.3) is 0 Å². The molecule has 0 aliphatic carbocycles. The number of benzene rings is 3. The molecule has 3 rings (SSSR count). The number of nitrogens with one attached hydrogen (secondary N) is 1. The number of ether oxygens (including phenoxy) is 3. The second-order valence-electron chi connectivity index (χ2n) is 6.25.